The lowest BCUT2D eigenvalue weighted by Crippen LogP contribution is -2.52. The fourth-order valence-electron chi connectivity index (χ4n) is 1.90. The largest absolute Gasteiger partial charge is 0.377 e. The molecular weight excluding hydrogens is 204 g/mol. The number of carbonyl (C=O) groups is 1. The summed E-state index contributed by atoms with van der Waals surface area (Å²) >= 11 is 0. The highest BCUT2D eigenvalue weighted by Crippen LogP contribution is 2.21. The molecule has 0 bridgehead atoms. The molecule has 0 aliphatic carbocycles. The second-order valence-electron chi connectivity index (χ2n) is 5.37. The highest BCUT2D eigenvalue weighted by Gasteiger charge is 2.33. The van der Waals surface area contributed by atoms with Crippen LogP contribution in [0.3, 0.4) is 0 Å². The molecule has 1 saturated heterocycles. The van der Waals surface area contributed by atoms with Crippen molar-refractivity contribution in [3.63, 3.8) is 0 Å². The molecule has 0 saturated carbocycles. The minimum absolute atomic E-state index is 0.230. The summed E-state index contributed by atoms with van der Waals surface area (Å²) in [4.78, 5) is 14.2. The molecule has 94 valence electrons. The van der Waals surface area contributed by atoms with E-state index in [9.17, 15) is 4.79 Å². The van der Waals surface area contributed by atoms with E-state index >= 15 is 0 Å². The maximum atomic E-state index is 12.2. The minimum atomic E-state index is -0.296. The molecule has 4 heteroatoms. The monoisotopic (exact) mass is 228 g/mol. The van der Waals surface area contributed by atoms with Crippen LogP contribution in [0.1, 0.15) is 27.2 Å². The number of nitrogens with one attached hydrogen (secondary N) is 1. The van der Waals surface area contributed by atoms with Crippen LogP contribution >= 0.6 is 0 Å². The molecule has 1 amide bonds. The molecule has 4 nitrogen and oxygen atoms in total. The standard InChI is InChI=1S/C12H24N2O2/c1-12(2,3)11(15)14-7-8-16-9-10(14)5-6-13-4/h10,13H,5-9H2,1-4H3. The van der Waals surface area contributed by atoms with Gasteiger partial charge in [0, 0.05) is 12.0 Å². The Kier molecular flexibility index (Phi) is 4.74. The molecule has 1 unspecified atom stereocenters. The summed E-state index contributed by atoms with van der Waals surface area (Å²) in [7, 11) is 1.93. The van der Waals surface area contributed by atoms with Gasteiger partial charge < -0.3 is 15.0 Å². The molecule has 1 aliphatic heterocycles. The number of morpholine rings is 1. The first kappa shape index (κ1) is 13.5. The number of amides is 1. The van der Waals surface area contributed by atoms with Crippen LogP contribution in [-0.4, -0.2) is 50.2 Å². The van der Waals surface area contributed by atoms with Gasteiger partial charge in [0.05, 0.1) is 19.3 Å². The van der Waals surface area contributed by atoms with E-state index in [0.717, 1.165) is 19.5 Å². The van der Waals surface area contributed by atoms with Gasteiger partial charge in [-0.3, -0.25) is 4.79 Å². The number of ether oxygens (including phenoxy) is 1. The Bertz CT molecular complexity index is 236. The van der Waals surface area contributed by atoms with E-state index in [-0.39, 0.29) is 17.4 Å². The average molecular weight is 228 g/mol. The maximum absolute atomic E-state index is 12.2. The molecule has 1 rings (SSSR count). The normalized spacial score (nSPS) is 22.2. The van der Waals surface area contributed by atoms with Gasteiger partial charge in [-0.2, -0.15) is 0 Å². The first-order chi connectivity index (χ1) is 7.46. The predicted molar refractivity (Wildman–Crippen MR) is 64.3 cm³/mol. The Hall–Kier alpha value is -0.610. The molecule has 1 fully saturated rings. The lowest BCUT2D eigenvalue weighted by molar-refractivity contribution is -0.148. The predicted octanol–water partition coefficient (Wildman–Crippen LogP) is 0.869. The molecule has 0 radical (unpaired) electrons. The highest BCUT2D eigenvalue weighted by atomic mass is 16.5. The van der Waals surface area contributed by atoms with Crippen molar-refractivity contribution in [3.8, 4) is 0 Å². The van der Waals surface area contributed by atoms with Crippen molar-refractivity contribution in [1.29, 1.82) is 0 Å². The number of hydrogen-bond acceptors (Lipinski definition) is 3. The molecule has 0 aromatic carbocycles. The lowest BCUT2D eigenvalue weighted by atomic mass is 9.93. The van der Waals surface area contributed by atoms with E-state index in [1.54, 1.807) is 0 Å². The van der Waals surface area contributed by atoms with E-state index < -0.39 is 0 Å². The first-order valence-corrected chi connectivity index (χ1v) is 6.00. The van der Waals surface area contributed by atoms with Gasteiger partial charge in [-0.1, -0.05) is 20.8 Å². The SMILES string of the molecule is CNCCC1COCCN1C(=O)C(C)(C)C. The molecule has 0 aromatic heterocycles. The van der Waals surface area contributed by atoms with Gasteiger partial charge in [-0.05, 0) is 20.0 Å². The molecule has 1 N–H and O–H groups in total. The van der Waals surface area contributed by atoms with Crippen LogP contribution in [0.5, 0.6) is 0 Å². The summed E-state index contributed by atoms with van der Waals surface area (Å²) in [5.74, 6) is 0.233. The van der Waals surface area contributed by atoms with Crippen LogP contribution in [0.15, 0.2) is 0 Å². The minimum Gasteiger partial charge on any atom is -0.377 e. The van der Waals surface area contributed by atoms with Gasteiger partial charge in [0.15, 0.2) is 0 Å². The van der Waals surface area contributed by atoms with Crippen LogP contribution in [0.4, 0.5) is 0 Å². The Morgan fingerprint density at radius 3 is 2.75 bits per heavy atom. The summed E-state index contributed by atoms with van der Waals surface area (Å²) in [5.41, 5.74) is -0.296. The Morgan fingerprint density at radius 2 is 2.19 bits per heavy atom. The number of carbonyl (C=O) groups excluding carboxylic acids is 1. The van der Waals surface area contributed by atoms with Crippen LogP contribution < -0.4 is 5.32 Å². The van der Waals surface area contributed by atoms with E-state index in [1.807, 2.05) is 32.7 Å². The second-order valence-corrected chi connectivity index (χ2v) is 5.37. The molecule has 0 spiro atoms. The van der Waals surface area contributed by atoms with Crippen molar-refractivity contribution in [2.45, 2.75) is 33.2 Å². The third kappa shape index (κ3) is 3.46. The second kappa shape index (κ2) is 5.64. The topological polar surface area (TPSA) is 41.6 Å². The summed E-state index contributed by atoms with van der Waals surface area (Å²) in [6.45, 7) is 8.90. The van der Waals surface area contributed by atoms with E-state index in [2.05, 4.69) is 5.32 Å². The van der Waals surface area contributed by atoms with E-state index in [4.69, 9.17) is 4.74 Å². The zero-order valence-corrected chi connectivity index (χ0v) is 10.9. The van der Waals surface area contributed by atoms with Gasteiger partial charge >= 0.3 is 0 Å². The number of nitrogens with zero attached hydrogens (tertiary/aromatic N) is 1. The summed E-state index contributed by atoms with van der Waals surface area (Å²) in [5, 5.41) is 3.12. The zero-order chi connectivity index (χ0) is 12.2. The number of hydrogen-bond donors (Lipinski definition) is 1. The van der Waals surface area contributed by atoms with E-state index in [1.165, 1.54) is 0 Å². The quantitative estimate of drug-likeness (QED) is 0.779. The van der Waals surface area contributed by atoms with Crippen molar-refractivity contribution >= 4 is 5.91 Å². The Morgan fingerprint density at radius 1 is 1.50 bits per heavy atom. The smallest absolute Gasteiger partial charge is 0.228 e. The van der Waals surface area contributed by atoms with Gasteiger partial charge in [0.1, 0.15) is 0 Å². The third-order valence-corrected chi connectivity index (χ3v) is 2.86. The summed E-state index contributed by atoms with van der Waals surface area (Å²) in [6, 6.07) is 0.230. The van der Waals surface area contributed by atoms with Crippen LogP contribution in [0.2, 0.25) is 0 Å². The zero-order valence-electron chi connectivity index (χ0n) is 10.9. The summed E-state index contributed by atoms with van der Waals surface area (Å²) in [6.07, 6.45) is 0.957. The lowest BCUT2D eigenvalue weighted by Gasteiger charge is -2.39. The fraction of sp³-hybridized carbons (Fsp3) is 0.917. The fourth-order valence-corrected chi connectivity index (χ4v) is 1.90. The highest BCUT2D eigenvalue weighted by molar-refractivity contribution is 5.81. The van der Waals surface area contributed by atoms with Crippen molar-refractivity contribution < 1.29 is 9.53 Å². The van der Waals surface area contributed by atoms with Crippen molar-refractivity contribution in [1.82, 2.24) is 10.2 Å². The molecule has 1 heterocycles. The summed E-state index contributed by atoms with van der Waals surface area (Å²) < 4.78 is 5.45. The molecule has 1 aliphatic rings. The Balaban J connectivity index is 2.63. The molecule has 1 atom stereocenters. The van der Waals surface area contributed by atoms with Crippen LogP contribution in [0.25, 0.3) is 0 Å². The maximum Gasteiger partial charge on any atom is 0.228 e. The molecule has 16 heavy (non-hydrogen) atoms. The number of rotatable bonds is 3. The molecule has 0 aromatic rings. The van der Waals surface area contributed by atoms with Gasteiger partial charge in [-0.25, -0.2) is 0 Å². The third-order valence-electron chi connectivity index (χ3n) is 2.86. The van der Waals surface area contributed by atoms with Crippen LogP contribution in [-0.2, 0) is 9.53 Å². The van der Waals surface area contributed by atoms with Crippen LogP contribution in [0, 0.1) is 5.41 Å². The Labute approximate surface area is 98.3 Å². The van der Waals surface area contributed by atoms with Crippen molar-refractivity contribution in [2.24, 2.45) is 5.41 Å². The van der Waals surface area contributed by atoms with Crippen molar-refractivity contribution in [2.75, 3.05) is 33.4 Å². The molecular formula is C12H24N2O2. The average Bonchev–Trinajstić information content (AvgIpc) is 2.24. The van der Waals surface area contributed by atoms with Gasteiger partial charge in [0.25, 0.3) is 0 Å². The van der Waals surface area contributed by atoms with E-state index in [0.29, 0.717) is 13.2 Å². The van der Waals surface area contributed by atoms with Gasteiger partial charge in [0.2, 0.25) is 5.91 Å². The van der Waals surface area contributed by atoms with Crippen molar-refractivity contribution in [3.05, 3.63) is 0 Å². The van der Waals surface area contributed by atoms with Gasteiger partial charge in [-0.15, -0.1) is 0 Å². The first-order valence-electron chi connectivity index (χ1n) is 6.00.